The average molecular weight is 311 g/mol. The number of fused-ring (bicyclic) bond motifs is 1. The van der Waals surface area contributed by atoms with Gasteiger partial charge in [-0.15, -0.1) is 11.3 Å². The molecule has 0 saturated heterocycles. The largest absolute Gasteiger partial charge is 0.293 e. The smallest absolute Gasteiger partial charge is 0.194 e. The molecule has 0 N–H and O–H groups in total. The van der Waals surface area contributed by atoms with Crippen LogP contribution in [0.1, 0.15) is 35.6 Å². The van der Waals surface area contributed by atoms with E-state index in [0.29, 0.717) is 28.4 Å². The molecule has 3 rings (SSSR count). The van der Waals surface area contributed by atoms with Gasteiger partial charge in [0.2, 0.25) is 0 Å². The first-order valence-corrected chi connectivity index (χ1v) is 7.26. The minimum Gasteiger partial charge on any atom is -0.293 e. The number of benzene rings is 1. The summed E-state index contributed by atoms with van der Waals surface area (Å²) in [5.41, 5.74) is 0.632. The van der Waals surface area contributed by atoms with Crippen LogP contribution < -0.4 is 0 Å². The van der Waals surface area contributed by atoms with E-state index < -0.39 is 17.5 Å². The van der Waals surface area contributed by atoms with Gasteiger partial charge in [-0.3, -0.25) is 4.79 Å². The van der Waals surface area contributed by atoms with Crippen LogP contribution in [0.15, 0.2) is 12.1 Å². The second-order valence-corrected chi connectivity index (χ2v) is 6.99. The lowest BCUT2D eigenvalue weighted by molar-refractivity contribution is 0.0916. The van der Waals surface area contributed by atoms with Crippen LogP contribution in [-0.2, 0) is 6.42 Å². The van der Waals surface area contributed by atoms with Gasteiger partial charge in [0.15, 0.2) is 23.2 Å². The molecule has 6 heteroatoms. The van der Waals surface area contributed by atoms with Gasteiger partial charge in [0.1, 0.15) is 5.01 Å². The molecule has 0 amide bonds. The van der Waals surface area contributed by atoms with Crippen molar-refractivity contribution in [2.75, 3.05) is 0 Å². The molecular formula is C15H12F3NOS. The van der Waals surface area contributed by atoms with Gasteiger partial charge in [-0.25, -0.2) is 18.2 Å². The number of rotatable bonds is 1. The summed E-state index contributed by atoms with van der Waals surface area (Å²) in [5.74, 6) is -4.03. The predicted molar refractivity (Wildman–Crippen MR) is 73.9 cm³/mol. The van der Waals surface area contributed by atoms with E-state index in [1.807, 2.05) is 13.8 Å². The highest BCUT2D eigenvalue weighted by Gasteiger charge is 2.34. The van der Waals surface area contributed by atoms with Gasteiger partial charge < -0.3 is 0 Å². The van der Waals surface area contributed by atoms with E-state index in [9.17, 15) is 18.0 Å². The summed E-state index contributed by atoms with van der Waals surface area (Å²) in [7, 11) is 0. The lowest BCUT2D eigenvalue weighted by Crippen LogP contribution is -2.25. The number of halogens is 3. The highest BCUT2D eigenvalue weighted by atomic mass is 32.1. The average Bonchev–Trinajstić information content (AvgIpc) is 2.77. The summed E-state index contributed by atoms with van der Waals surface area (Å²) in [6.07, 6.45) is 1.06. The Labute approximate surface area is 123 Å². The number of hydrogen-bond donors (Lipinski definition) is 0. The molecule has 0 unspecified atom stereocenters. The zero-order valence-electron chi connectivity index (χ0n) is 11.5. The highest BCUT2D eigenvalue weighted by Crippen LogP contribution is 2.39. The summed E-state index contributed by atoms with van der Waals surface area (Å²) in [6.45, 7) is 3.95. The number of hydrogen-bond acceptors (Lipinski definition) is 3. The third-order valence-corrected chi connectivity index (χ3v) is 4.65. The Bertz CT molecular complexity index is 728. The Kier molecular flexibility index (Phi) is 3.16. The molecule has 1 aliphatic carbocycles. The first-order valence-electron chi connectivity index (χ1n) is 6.45. The maximum atomic E-state index is 13.3. The van der Waals surface area contributed by atoms with E-state index in [1.54, 1.807) is 0 Å². The molecule has 1 aliphatic rings. The monoisotopic (exact) mass is 311 g/mol. The second-order valence-electron chi connectivity index (χ2n) is 5.99. The SMILES string of the molecule is CC1(C)CC(=O)c2sc(-c3cc(F)c(F)c(F)c3)nc2C1. The van der Waals surface area contributed by atoms with Crippen molar-refractivity contribution in [1.82, 2.24) is 4.98 Å². The van der Waals surface area contributed by atoms with E-state index in [2.05, 4.69) is 4.98 Å². The number of carbonyl (C=O) groups is 1. The van der Waals surface area contributed by atoms with Gasteiger partial charge in [0, 0.05) is 12.0 Å². The standard InChI is InChI=1S/C15H12F3NOS/c1-15(2)5-10-13(11(20)6-15)21-14(19-10)7-3-8(16)12(18)9(17)4-7/h3-4H,5-6H2,1-2H3. The van der Waals surface area contributed by atoms with E-state index in [4.69, 9.17) is 0 Å². The van der Waals surface area contributed by atoms with E-state index in [-0.39, 0.29) is 16.8 Å². The number of aromatic nitrogens is 1. The quantitative estimate of drug-likeness (QED) is 0.731. The summed E-state index contributed by atoms with van der Waals surface area (Å²) in [6, 6.07) is 1.80. The number of thiazole rings is 1. The van der Waals surface area contributed by atoms with Crippen LogP contribution in [0.4, 0.5) is 13.2 Å². The Hall–Kier alpha value is -1.69. The molecule has 1 aromatic heterocycles. The second kappa shape index (κ2) is 4.66. The molecule has 21 heavy (non-hydrogen) atoms. The normalized spacial score (nSPS) is 16.9. The molecule has 1 aromatic carbocycles. The fraction of sp³-hybridized carbons (Fsp3) is 0.333. The van der Waals surface area contributed by atoms with Crippen molar-refractivity contribution in [2.24, 2.45) is 5.41 Å². The lowest BCUT2D eigenvalue weighted by atomic mass is 9.78. The highest BCUT2D eigenvalue weighted by molar-refractivity contribution is 7.17. The summed E-state index contributed by atoms with van der Waals surface area (Å²) in [4.78, 5) is 17.0. The first kappa shape index (κ1) is 14.3. The van der Waals surface area contributed by atoms with Crippen LogP contribution in [0.25, 0.3) is 10.6 Å². The minimum atomic E-state index is -1.50. The number of ketones is 1. The number of carbonyl (C=O) groups excluding carboxylic acids is 1. The molecule has 0 bridgehead atoms. The molecule has 2 aromatic rings. The third-order valence-electron chi connectivity index (χ3n) is 3.47. The summed E-state index contributed by atoms with van der Waals surface area (Å²) < 4.78 is 39.6. The van der Waals surface area contributed by atoms with Gasteiger partial charge in [-0.05, 0) is 24.0 Å². The Morgan fingerprint density at radius 3 is 2.38 bits per heavy atom. The summed E-state index contributed by atoms with van der Waals surface area (Å²) >= 11 is 1.10. The molecule has 0 aliphatic heterocycles. The van der Waals surface area contributed by atoms with Gasteiger partial charge >= 0.3 is 0 Å². The predicted octanol–water partition coefficient (Wildman–Crippen LogP) is 4.38. The van der Waals surface area contributed by atoms with Crippen LogP contribution in [0.5, 0.6) is 0 Å². The fourth-order valence-electron chi connectivity index (χ4n) is 2.52. The molecule has 2 nitrogen and oxygen atoms in total. The third kappa shape index (κ3) is 2.48. The van der Waals surface area contributed by atoms with Crippen LogP contribution in [0, 0.1) is 22.9 Å². The maximum absolute atomic E-state index is 13.3. The number of Topliss-reactive ketones (excluding diaryl/α,β-unsaturated/α-hetero) is 1. The molecule has 0 atom stereocenters. The first-order chi connectivity index (χ1) is 9.77. The van der Waals surface area contributed by atoms with Crippen molar-refractivity contribution in [1.29, 1.82) is 0 Å². The van der Waals surface area contributed by atoms with Gasteiger partial charge in [-0.1, -0.05) is 13.8 Å². The van der Waals surface area contributed by atoms with E-state index in [1.165, 1.54) is 0 Å². The van der Waals surface area contributed by atoms with Gasteiger partial charge in [-0.2, -0.15) is 0 Å². The van der Waals surface area contributed by atoms with Gasteiger partial charge in [0.05, 0.1) is 10.6 Å². The molecule has 110 valence electrons. The van der Waals surface area contributed by atoms with Crippen molar-refractivity contribution < 1.29 is 18.0 Å². The zero-order valence-corrected chi connectivity index (χ0v) is 12.3. The van der Waals surface area contributed by atoms with E-state index >= 15 is 0 Å². The van der Waals surface area contributed by atoms with Gasteiger partial charge in [0.25, 0.3) is 0 Å². The van der Waals surface area contributed by atoms with Crippen molar-refractivity contribution in [3.8, 4) is 10.6 Å². The molecule has 0 radical (unpaired) electrons. The number of nitrogens with zero attached hydrogens (tertiary/aromatic N) is 1. The summed E-state index contributed by atoms with van der Waals surface area (Å²) in [5, 5.41) is 0.337. The van der Waals surface area contributed by atoms with E-state index in [0.717, 1.165) is 23.5 Å². The zero-order chi connectivity index (χ0) is 15.4. The maximum Gasteiger partial charge on any atom is 0.194 e. The molecule has 0 fully saturated rings. The van der Waals surface area contributed by atoms with Crippen LogP contribution >= 0.6 is 11.3 Å². The molecular weight excluding hydrogens is 299 g/mol. The fourth-order valence-corrected chi connectivity index (χ4v) is 3.53. The Morgan fingerprint density at radius 2 is 1.76 bits per heavy atom. The van der Waals surface area contributed by atoms with Crippen molar-refractivity contribution >= 4 is 17.1 Å². The molecule has 1 heterocycles. The van der Waals surface area contributed by atoms with Crippen LogP contribution in [0.2, 0.25) is 0 Å². The van der Waals surface area contributed by atoms with Crippen LogP contribution in [0.3, 0.4) is 0 Å². The topological polar surface area (TPSA) is 30.0 Å². The van der Waals surface area contributed by atoms with Crippen LogP contribution in [-0.4, -0.2) is 10.8 Å². The van der Waals surface area contributed by atoms with Crippen molar-refractivity contribution in [2.45, 2.75) is 26.7 Å². The Balaban J connectivity index is 2.09. The molecule has 0 spiro atoms. The van der Waals surface area contributed by atoms with Crippen molar-refractivity contribution in [3.63, 3.8) is 0 Å². The Morgan fingerprint density at radius 1 is 1.14 bits per heavy atom. The minimum absolute atomic E-state index is 0.00643. The van der Waals surface area contributed by atoms with Crippen molar-refractivity contribution in [3.05, 3.63) is 40.2 Å². The molecule has 0 saturated carbocycles. The lowest BCUT2D eigenvalue weighted by Gasteiger charge is -2.26.